The number of aromatic amines is 1. The van der Waals surface area contributed by atoms with Crippen molar-refractivity contribution in [2.24, 2.45) is 0 Å². The van der Waals surface area contributed by atoms with Gasteiger partial charge in [-0.05, 0) is 49.2 Å². The maximum atomic E-state index is 12.4. The van der Waals surface area contributed by atoms with Crippen LogP contribution < -0.4 is 0 Å². The first-order valence-corrected chi connectivity index (χ1v) is 10.7. The zero-order valence-corrected chi connectivity index (χ0v) is 17.5. The predicted octanol–water partition coefficient (Wildman–Crippen LogP) is 5.05. The molecule has 5 nitrogen and oxygen atoms in total. The van der Waals surface area contributed by atoms with Crippen LogP contribution in [0.3, 0.4) is 0 Å². The maximum absolute atomic E-state index is 12.4. The van der Waals surface area contributed by atoms with E-state index in [2.05, 4.69) is 21.8 Å². The van der Waals surface area contributed by atoms with Crippen LogP contribution in [0.4, 0.5) is 0 Å². The van der Waals surface area contributed by atoms with Crippen LogP contribution in [0.1, 0.15) is 45.5 Å². The van der Waals surface area contributed by atoms with Crippen LogP contribution in [0.15, 0.2) is 72.8 Å². The Labute approximate surface area is 186 Å². The minimum absolute atomic E-state index is 0.198. The molecule has 4 aromatic rings. The molecule has 2 amide bonds. The van der Waals surface area contributed by atoms with Crippen molar-refractivity contribution in [3.05, 3.63) is 89.5 Å². The Bertz CT molecular complexity index is 1320. The van der Waals surface area contributed by atoms with Crippen molar-refractivity contribution in [3.8, 4) is 23.2 Å². The third-order valence-electron chi connectivity index (χ3n) is 5.61. The van der Waals surface area contributed by atoms with Gasteiger partial charge in [-0.2, -0.15) is 0 Å². The summed E-state index contributed by atoms with van der Waals surface area (Å²) in [7, 11) is 0. The van der Waals surface area contributed by atoms with Crippen LogP contribution in [0.2, 0.25) is 0 Å². The standard InChI is InChI=1S/C27H21N3O2/c31-26-21-14-6-7-15-22(21)27(32)30(26)18-10-2-1-3-11-19-12-4-5-13-20(19)25-28-23-16-8-9-17-24(23)29-25/h4-9,12-17H,1-2,10,18H2,(H,28,29). The number of hydrogen-bond acceptors (Lipinski definition) is 3. The number of imidazole rings is 1. The van der Waals surface area contributed by atoms with E-state index in [0.717, 1.165) is 40.8 Å². The van der Waals surface area contributed by atoms with Gasteiger partial charge in [0.2, 0.25) is 0 Å². The fourth-order valence-electron chi connectivity index (χ4n) is 3.96. The molecule has 0 saturated carbocycles. The third kappa shape index (κ3) is 3.67. The van der Waals surface area contributed by atoms with Crippen LogP contribution in [0.5, 0.6) is 0 Å². The average molecular weight is 419 g/mol. The Morgan fingerprint density at radius 1 is 0.781 bits per heavy atom. The Kier molecular flexibility index (Phi) is 5.27. The van der Waals surface area contributed by atoms with E-state index in [-0.39, 0.29) is 11.8 Å². The Morgan fingerprint density at radius 3 is 2.19 bits per heavy atom. The lowest BCUT2D eigenvalue weighted by Crippen LogP contribution is -2.30. The van der Waals surface area contributed by atoms with Gasteiger partial charge in [0.1, 0.15) is 5.82 Å². The molecule has 0 saturated heterocycles. The molecule has 0 atom stereocenters. The number of rotatable bonds is 5. The first-order valence-electron chi connectivity index (χ1n) is 10.7. The fraction of sp³-hybridized carbons (Fsp3) is 0.148. The monoisotopic (exact) mass is 419 g/mol. The summed E-state index contributed by atoms with van der Waals surface area (Å²) < 4.78 is 0. The lowest BCUT2D eigenvalue weighted by Gasteiger charge is -2.12. The Morgan fingerprint density at radius 2 is 1.44 bits per heavy atom. The zero-order chi connectivity index (χ0) is 21.9. The van der Waals surface area contributed by atoms with Crippen molar-refractivity contribution in [1.82, 2.24) is 14.9 Å². The van der Waals surface area contributed by atoms with E-state index >= 15 is 0 Å². The quantitative estimate of drug-likeness (QED) is 0.280. The molecule has 32 heavy (non-hydrogen) atoms. The number of hydrogen-bond donors (Lipinski definition) is 1. The molecule has 0 radical (unpaired) electrons. The van der Waals surface area contributed by atoms with Crippen LogP contribution in [0, 0.1) is 11.8 Å². The van der Waals surface area contributed by atoms with Crippen molar-refractivity contribution in [1.29, 1.82) is 0 Å². The van der Waals surface area contributed by atoms with Crippen molar-refractivity contribution >= 4 is 22.8 Å². The Hall–Kier alpha value is -4.17. The van der Waals surface area contributed by atoms with Gasteiger partial charge in [0.05, 0.1) is 22.2 Å². The molecule has 156 valence electrons. The van der Waals surface area contributed by atoms with Gasteiger partial charge in [0, 0.05) is 24.1 Å². The lowest BCUT2D eigenvalue weighted by atomic mass is 10.1. The summed E-state index contributed by atoms with van der Waals surface area (Å²) in [4.78, 5) is 34.2. The highest BCUT2D eigenvalue weighted by Crippen LogP contribution is 2.24. The van der Waals surface area contributed by atoms with Gasteiger partial charge in [0.15, 0.2) is 0 Å². The number of nitrogens with zero attached hydrogens (tertiary/aromatic N) is 2. The SMILES string of the molecule is O=C1c2ccccc2C(=O)N1CCCCC#Cc1ccccc1-c1nc2ccccc2[nH]1. The summed E-state index contributed by atoms with van der Waals surface area (Å²) in [6, 6.07) is 22.9. The van der Waals surface area contributed by atoms with E-state index in [4.69, 9.17) is 0 Å². The first-order chi connectivity index (χ1) is 15.7. The topological polar surface area (TPSA) is 66.1 Å². The number of unbranched alkanes of at least 4 members (excludes halogenated alkanes) is 2. The first kappa shape index (κ1) is 19.8. The van der Waals surface area contributed by atoms with E-state index in [1.165, 1.54) is 4.90 Å². The van der Waals surface area contributed by atoms with Gasteiger partial charge in [0.25, 0.3) is 11.8 Å². The number of imide groups is 1. The second-order valence-corrected chi connectivity index (χ2v) is 7.71. The molecule has 0 unspecified atom stereocenters. The van der Waals surface area contributed by atoms with Gasteiger partial charge < -0.3 is 4.98 Å². The summed E-state index contributed by atoms with van der Waals surface area (Å²) in [6.07, 6.45) is 2.23. The molecule has 5 heteroatoms. The average Bonchev–Trinajstić information content (AvgIpc) is 3.36. The molecule has 1 N–H and O–H groups in total. The van der Waals surface area contributed by atoms with Crippen molar-refractivity contribution < 1.29 is 9.59 Å². The summed E-state index contributed by atoms with van der Waals surface area (Å²) in [5, 5.41) is 0. The van der Waals surface area contributed by atoms with E-state index in [1.807, 2.05) is 48.5 Å². The normalized spacial score (nSPS) is 12.7. The van der Waals surface area contributed by atoms with E-state index in [0.29, 0.717) is 24.1 Å². The molecule has 0 fully saturated rings. The highest BCUT2D eigenvalue weighted by Gasteiger charge is 2.34. The number of carbonyl (C=O) groups is 2. The molecule has 1 aromatic heterocycles. The van der Waals surface area contributed by atoms with Crippen LogP contribution in [0.25, 0.3) is 22.4 Å². The minimum atomic E-state index is -0.198. The lowest BCUT2D eigenvalue weighted by molar-refractivity contribution is 0.0652. The van der Waals surface area contributed by atoms with Crippen molar-refractivity contribution in [2.45, 2.75) is 19.3 Å². The number of para-hydroxylation sites is 2. The predicted molar refractivity (Wildman–Crippen MR) is 124 cm³/mol. The summed E-state index contributed by atoms with van der Waals surface area (Å²) >= 11 is 0. The minimum Gasteiger partial charge on any atom is -0.338 e. The van der Waals surface area contributed by atoms with E-state index < -0.39 is 0 Å². The number of carbonyl (C=O) groups excluding carboxylic acids is 2. The van der Waals surface area contributed by atoms with Crippen LogP contribution in [-0.2, 0) is 0 Å². The summed E-state index contributed by atoms with van der Waals surface area (Å²) in [5.74, 6) is 6.90. The van der Waals surface area contributed by atoms with E-state index in [1.54, 1.807) is 24.3 Å². The van der Waals surface area contributed by atoms with Gasteiger partial charge in [-0.25, -0.2) is 4.98 Å². The molecular formula is C27H21N3O2. The molecule has 5 rings (SSSR count). The Balaban J connectivity index is 1.21. The molecule has 0 spiro atoms. The second kappa shape index (κ2) is 8.52. The van der Waals surface area contributed by atoms with Gasteiger partial charge >= 0.3 is 0 Å². The second-order valence-electron chi connectivity index (χ2n) is 7.71. The van der Waals surface area contributed by atoms with Crippen LogP contribution >= 0.6 is 0 Å². The van der Waals surface area contributed by atoms with E-state index in [9.17, 15) is 9.59 Å². The fourth-order valence-corrected chi connectivity index (χ4v) is 3.96. The van der Waals surface area contributed by atoms with Crippen LogP contribution in [-0.4, -0.2) is 33.2 Å². The molecular weight excluding hydrogens is 398 g/mol. The smallest absolute Gasteiger partial charge is 0.261 e. The van der Waals surface area contributed by atoms with Gasteiger partial charge in [-0.3, -0.25) is 14.5 Å². The third-order valence-corrected chi connectivity index (χ3v) is 5.61. The maximum Gasteiger partial charge on any atom is 0.261 e. The number of amides is 2. The number of aromatic nitrogens is 2. The molecule has 1 aliphatic rings. The largest absolute Gasteiger partial charge is 0.338 e. The van der Waals surface area contributed by atoms with Gasteiger partial charge in [-0.15, -0.1) is 0 Å². The highest BCUT2D eigenvalue weighted by atomic mass is 16.2. The molecule has 1 aliphatic heterocycles. The summed E-state index contributed by atoms with van der Waals surface area (Å²) in [6.45, 7) is 0.420. The summed E-state index contributed by atoms with van der Waals surface area (Å²) in [5.41, 5.74) is 4.82. The molecule has 3 aromatic carbocycles. The molecule has 0 bridgehead atoms. The zero-order valence-electron chi connectivity index (χ0n) is 17.5. The molecule has 2 heterocycles. The number of fused-ring (bicyclic) bond motifs is 2. The van der Waals surface area contributed by atoms with Crippen molar-refractivity contribution in [3.63, 3.8) is 0 Å². The van der Waals surface area contributed by atoms with Crippen molar-refractivity contribution in [2.75, 3.05) is 6.54 Å². The number of benzene rings is 3. The van der Waals surface area contributed by atoms with Gasteiger partial charge in [-0.1, -0.05) is 48.2 Å². The highest BCUT2D eigenvalue weighted by molar-refractivity contribution is 6.21. The number of H-pyrrole nitrogens is 1. The molecule has 0 aliphatic carbocycles. The number of nitrogens with one attached hydrogen (secondary N) is 1.